The highest BCUT2D eigenvalue weighted by Gasteiger charge is 2.18. The van der Waals surface area contributed by atoms with Crippen molar-refractivity contribution in [3.05, 3.63) is 38.8 Å². The number of hydrogen-bond donors (Lipinski definition) is 1. The van der Waals surface area contributed by atoms with Gasteiger partial charge in [0.1, 0.15) is 5.01 Å². The summed E-state index contributed by atoms with van der Waals surface area (Å²) < 4.78 is 21.3. The summed E-state index contributed by atoms with van der Waals surface area (Å²) in [5, 5.41) is 0.966. The number of nitrogens with zero attached hydrogens (tertiary/aromatic N) is 2. The highest BCUT2D eigenvalue weighted by molar-refractivity contribution is 7.71. The number of aryl methyl sites for hydroxylation is 1. The van der Waals surface area contributed by atoms with E-state index in [1.165, 1.54) is 13.2 Å². The zero-order chi connectivity index (χ0) is 15.1. The molecule has 1 atom stereocenters. The first kappa shape index (κ1) is 14.2. The van der Waals surface area contributed by atoms with Gasteiger partial charge in [0.05, 0.1) is 24.2 Å². The van der Waals surface area contributed by atoms with Gasteiger partial charge in [0.2, 0.25) is 0 Å². The summed E-state index contributed by atoms with van der Waals surface area (Å²) in [5.74, 6) is -0.209. The Labute approximate surface area is 130 Å². The van der Waals surface area contributed by atoms with Gasteiger partial charge in [-0.3, -0.25) is 0 Å². The molecule has 0 aliphatic carbocycles. The van der Waals surface area contributed by atoms with Gasteiger partial charge < -0.3 is 14.3 Å². The molecule has 21 heavy (non-hydrogen) atoms. The van der Waals surface area contributed by atoms with Gasteiger partial charge in [-0.25, -0.2) is 9.37 Å². The van der Waals surface area contributed by atoms with Crippen LogP contribution in [0.1, 0.15) is 22.9 Å². The number of nitrogens with one attached hydrogen (secondary N) is 1. The van der Waals surface area contributed by atoms with Crippen molar-refractivity contribution in [2.24, 2.45) is 0 Å². The number of ether oxygens (including phenoxy) is 1. The van der Waals surface area contributed by atoms with E-state index in [4.69, 9.17) is 17.0 Å². The second-order valence-electron chi connectivity index (χ2n) is 4.79. The summed E-state index contributed by atoms with van der Waals surface area (Å²) in [6.45, 7) is 4.04. The van der Waals surface area contributed by atoms with Crippen LogP contribution in [0, 0.1) is 17.5 Å². The molecule has 0 amide bonds. The molecule has 0 radical (unpaired) electrons. The van der Waals surface area contributed by atoms with Crippen LogP contribution in [-0.2, 0) is 0 Å². The molecule has 2 heterocycles. The molecule has 7 heteroatoms. The normalized spacial score (nSPS) is 12.8. The average Bonchev–Trinajstić information content (AvgIpc) is 3.00. The lowest BCUT2D eigenvalue weighted by atomic mass is 10.2. The first-order chi connectivity index (χ1) is 10.0. The van der Waals surface area contributed by atoms with E-state index in [0.29, 0.717) is 10.3 Å². The van der Waals surface area contributed by atoms with E-state index in [2.05, 4.69) is 9.97 Å². The average molecular weight is 323 g/mol. The van der Waals surface area contributed by atoms with Gasteiger partial charge in [0.15, 0.2) is 16.3 Å². The predicted octanol–water partition coefficient (Wildman–Crippen LogP) is 4.22. The lowest BCUT2D eigenvalue weighted by molar-refractivity contribution is 0.387. The molecule has 0 saturated carbocycles. The zero-order valence-corrected chi connectivity index (χ0v) is 13.4. The van der Waals surface area contributed by atoms with E-state index in [0.717, 1.165) is 15.4 Å². The molecule has 1 unspecified atom stereocenters. The highest BCUT2D eigenvalue weighted by atomic mass is 32.1. The molecule has 4 nitrogen and oxygen atoms in total. The molecule has 110 valence electrons. The number of imidazole rings is 1. The molecule has 0 fully saturated rings. The van der Waals surface area contributed by atoms with Crippen molar-refractivity contribution in [2.45, 2.75) is 19.9 Å². The number of H-pyrrole nitrogens is 1. The first-order valence-electron chi connectivity index (χ1n) is 6.41. The van der Waals surface area contributed by atoms with Crippen molar-refractivity contribution in [1.29, 1.82) is 0 Å². The third-order valence-electron chi connectivity index (χ3n) is 3.37. The van der Waals surface area contributed by atoms with Gasteiger partial charge in [-0.05, 0) is 26.1 Å². The zero-order valence-electron chi connectivity index (χ0n) is 11.8. The minimum atomic E-state index is -0.411. The maximum absolute atomic E-state index is 13.8. The molecule has 1 aromatic carbocycles. The number of aromatic amines is 1. The Balaban J connectivity index is 2.22. The molecule has 3 aromatic rings. The summed E-state index contributed by atoms with van der Waals surface area (Å²) in [6.07, 6.45) is 1.84. The van der Waals surface area contributed by atoms with Gasteiger partial charge in [-0.1, -0.05) is 0 Å². The molecule has 0 aliphatic heterocycles. The lowest BCUT2D eigenvalue weighted by Gasteiger charge is -2.12. The molecule has 0 bridgehead atoms. The summed E-state index contributed by atoms with van der Waals surface area (Å²) in [7, 11) is 1.45. The van der Waals surface area contributed by atoms with E-state index in [-0.39, 0.29) is 11.8 Å². The van der Waals surface area contributed by atoms with Crippen molar-refractivity contribution in [3.8, 4) is 5.75 Å². The number of methoxy groups -OCH3 is 1. The fourth-order valence-electron chi connectivity index (χ4n) is 2.34. The Bertz CT molecular complexity index is 865. The molecular formula is C14H14FN3OS2. The number of benzene rings is 1. The van der Waals surface area contributed by atoms with E-state index >= 15 is 0 Å². The van der Waals surface area contributed by atoms with E-state index < -0.39 is 5.82 Å². The van der Waals surface area contributed by atoms with E-state index in [9.17, 15) is 4.39 Å². The standard InChI is InChI=1S/C14H14FN3OS2/c1-7-6-16-13(21-7)8(2)18-11-5-12(19-3)9(15)4-10(11)17-14(18)20/h4-6,8H,1-3H3,(H,17,20). The van der Waals surface area contributed by atoms with Crippen LogP contribution in [0.3, 0.4) is 0 Å². The number of hydrogen-bond acceptors (Lipinski definition) is 4. The van der Waals surface area contributed by atoms with Crippen molar-refractivity contribution in [1.82, 2.24) is 14.5 Å². The smallest absolute Gasteiger partial charge is 0.178 e. The lowest BCUT2D eigenvalue weighted by Crippen LogP contribution is -2.06. The van der Waals surface area contributed by atoms with Crippen molar-refractivity contribution < 1.29 is 9.13 Å². The highest BCUT2D eigenvalue weighted by Crippen LogP contribution is 2.30. The summed E-state index contributed by atoms with van der Waals surface area (Å²) in [4.78, 5) is 8.59. The first-order valence-corrected chi connectivity index (χ1v) is 7.64. The van der Waals surface area contributed by atoms with E-state index in [1.807, 2.05) is 24.6 Å². The second-order valence-corrected chi connectivity index (χ2v) is 6.44. The SMILES string of the molecule is COc1cc2c(cc1F)[nH]c(=S)n2C(C)c1ncc(C)s1. The minimum absolute atomic E-state index is 0.0277. The van der Waals surface area contributed by atoms with Crippen LogP contribution >= 0.6 is 23.6 Å². The number of aromatic nitrogens is 3. The number of fused-ring (bicyclic) bond motifs is 1. The molecule has 0 spiro atoms. The van der Waals surface area contributed by atoms with Crippen LogP contribution in [-0.4, -0.2) is 21.6 Å². The van der Waals surface area contributed by atoms with Gasteiger partial charge in [-0.15, -0.1) is 11.3 Å². The van der Waals surface area contributed by atoms with Gasteiger partial charge in [0, 0.05) is 23.2 Å². The quantitative estimate of drug-likeness (QED) is 0.734. The fraction of sp³-hybridized carbons (Fsp3) is 0.286. The molecule has 1 N–H and O–H groups in total. The Morgan fingerprint density at radius 3 is 2.86 bits per heavy atom. The summed E-state index contributed by atoms with van der Waals surface area (Å²) >= 11 is 7.01. The summed E-state index contributed by atoms with van der Waals surface area (Å²) in [6, 6.07) is 3.04. The number of thiazole rings is 1. The molecule has 2 aromatic heterocycles. The molecule has 0 saturated heterocycles. The summed E-state index contributed by atoms with van der Waals surface area (Å²) in [5.41, 5.74) is 1.46. The second kappa shape index (κ2) is 5.23. The van der Waals surface area contributed by atoms with Crippen LogP contribution in [0.4, 0.5) is 4.39 Å². The topological polar surface area (TPSA) is 42.8 Å². The van der Waals surface area contributed by atoms with Crippen LogP contribution in [0.15, 0.2) is 18.3 Å². The number of halogens is 1. The van der Waals surface area contributed by atoms with Crippen LogP contribution in [0.2, 0.25) is 0 Å². The maximum Gasteiger partial charge on any atom is 0.178 e. The Hall–Kier alpha value is -1.73. The van der Waals surface area contributed by atoms with Crippen LogP contribution in [0.25, 0.3) is 11.0 Å². The van der Waals surface area contributed by atoms with Crippen molar-refractivity contribution in [2.75, 3.05) is 7.11 Å². The predicted molar refractivity (Wildman–Crippen MR) is 84.3 cm³/mol. The molecule has 0 aliphatic rings. The van der Waals surface area contributed by atoms with E-state index in [1.54, 1.807) is 17.4 Å². The third kappa shape index (κ3) is 2.36. The Morgan fingerprint density at radius 2 is 2.24 bits per heavy atom. The Morgan fingerprint density at radius 1 is 1.48 bits per heavy atom. The van der Waals surface area contributed by atoms with Gasteiger partial charge in [0.25, 0.3) is 0 Å². The van der Waals surface area contributed by atoms with Crippen molar-refractivity contribution in [3.63, 3.8) is 0 Å². The van der Waals surface area contributed by atoms with Crippen LogP contribution < -0.4 is 4.74 Å². The fourth-order valence-corrected chi connectivity index (χ4v) is 3.53. The third-order valence-corrected chi connectivity index (χ3v) is 4.76. The van der Waals surface area contributed by atoms with Gasteiger partial charge >= 0.3 is 0 Å². The molecule has 3 rings (SSSR count). The maximum atomic E-state index is 13.8. The molecular weight excluding hydrogens is 309 g/mol. The van der Waals surface area contributed by atoms with Crippen molar-refractivity contribution >= 4 is 34.6 Å². The monoisotopic (exact) mass is 323 g/mol. The number of rotatable bonds is 3. The van der Waals surface area contributed by atoms with Crippen LogP contribution in [0.5, 0.6) is 5.75 Å². The minimum Gasteiger partial charge on any atom is -0.494 e. The Kier molecular flexibility index (Phi) is 3.54. The largest absolute Gasteiger partial charge is 0.494 e. The van der Waals surface area contributed by atoms with Gasteiger partial charge in [-0.2, -0.15) is 0 Å².